The van der Waals surface area contributed by atoms with Gasteiger partial charge in [0, 0.05) is 22.2 Å². The Labute approximate surface area is 120 Å². The molecule has 19 heavy (non-hydrogen) atoms. The van der Waals surface area contributed by atoms with Crippen LogP contribution in [0.25, 0.3) is 11.3 Å². The predicted molar refractivity (Wildman–Crippen MR) is 81.5 cm³/mol. The molecular formula is C17H21ClN+. The lowest BCUT2D eigenvalue weighted by Crippen LogP contribution is -2.33. The fraction of sp³-hybridized carbons (Fsp3) is 0.353. The molecule has 0 spiro atoms. The molecule has 100 valence electrons. The first-order valence-corrected chi connectivity index (χ1v) is 6.93. The molecule has 0 atom stereocenters. The quantitative estimate of drug-likeness (QED) is 0.677. The van der Waals surface area contributed by atoms with Crippen LogP contribution in [0.2, 0.25) is 5.02 Å². The van der Waals surface area contributed by atoms with Crippen LogP contribution in [-0.2, 0) is 12.5 Å². The van der Waals surface area contributed by atoms with Crippen molar-refractivity contribution in [3.63, 3.8) is 0 Å². The lowest BCUT2D eigenvalue weighted by molar-refractivity contribution is -0.661. The minimum absolute atomic E-state index is 0.172. The maximum absolute atomic E-state index is 6.02. The van der Waals surface area contributed by atoms with Crippen LogP contribution in [0, 0.1) is 6.92 Å². The Morgan fingerprint density at radius 3 is 2.26 bits per heavy atom. The zero-order chi connectivity index (χ0) is 14.2. The average molecular weight is 275 g/mol. The normalized spacial score (nSPS) is 11.7. The fourth-order valence-electron chi connectivity index (χ4n) is 2.25. The first-order valence-electron chi connectivity index (χ1n) is 6.56. The highest BCUT2D eigenvalue weighted by Crippen LogP contribution is 2.26. The number of aromatic nitrogens is 1. The number of hydrogen-bond donors (Lipinski definition) is 0. The second-order valence-electron chi connectivity index (χ2n) is 6.12. The van der Waals surface area contributed by atoms with Crippen molar-refractivity contribution < 1.29 is 4.57 Å². The summed E-state index contributed by atoms with van der Waals surface area (Å²) in [5.41, 5.74) is 5.15. The van der Waals surface area contributed by atoms with Crippen molar-refractivity contribution >= 4 is 11.6 Å². The van der Waals surface area contributed by atoms with Gasteiger partial charge in [-0.15, -0.1) is 0 Å². The Bertz CT molecular complexity index is 609. The standard InChI is InChI=1S/C17H21ClN/c1-12-10-14(18)7-8-15(12)16-9-6-13(11-19(16)5)17(2,3)4/h6-11H,1-5H3/q+1. The Morgan fingerprint density at radius 2 is 1.74 bits per heavy atom. The van der Waals surface area contributed by atoms with E-state index < -0.39 is 0 Å². The van der Waals surface area contributed by atoms with E-state index in [9.17, 15) is 0 Å². The predicted octanol–water partition coefficient (Wildman–Crippen LogP) is 4.44. The molecule has 0 aliphatic carbocycles. The van der Waals surface area contributed by atoms with Gasteiger partial charge < -0.3 is 0 Å². The average Bonchev–Trinajstić information content (AvgIpc) is 2.28. The molecule has 0 saturated carbocycles. The number of benzene rings is 1. The summed E-state index contributed by atoms with van der Waals surface area (Å²) in [4.78, 5) is 0. The monoisotopic (exact) mass is 274 g/mol. The van der Waals surface area contributed by atoms with Crippen LogP contribution >= 0.6 is 11.6 Å². The highest BCUT2D eigenvalue weighted by atomic mass is 35.5. The number of rotatable bonds is 1. The molecule has 2 rings (SSSR count). The van der Waals surface area contributed by atoms with Gasteiger partial charge in [-0.05, 0) is 42.2 Å². The molecule has 1 heterocycles. The molecular weight excluding hydrogens is 254 g/mol. The van der Waals surface area contributed by atoms with E-state index in [1.165, 1.54) is 22.4 Å². The van der Waals surface area contributed by atoms with Crippen LogP contribution in [0.15, 0.2) is 36.5 Å². The van der Waals surface area contributed by atoms with Crippen molar-refractivity contribution in [3.05, 3.63) is 52.7 Å². The van der Waals surface area contributed by atoms with E-state index in [1.807, 2.05) is 12.1 Å². The van der Waals surface area contributed by atoms with Gasteiger partial charge in [-0.25, -0.2) is 4.57 Å². The maximum atomic E-state index is 6.02. The van der Waals surface area contributed by atoms with Crippen molar-refractivity contribution in [2.75, 3.05) is 0 Å². The third kappa shape index (κ3) is 2.98. The molecule has 0 fully saturated rings. The first kappa shape index (κ1) is 14.1. The second kappa shape index (κ2) is 4.97. The van der Waals surface area contributed by atoms with Crippen LogP contribution in [0.5, 0.6) is 0 Å². The zero-order valence-corrected chi connectivity index (χ0v) is 13.0. The van der Waals surface area contributed by atoms with Gasteiger partial charge in [0.1, 0.15) is 7.05 Å². The summed E-state index contributed by atoms with van der Waals surface area (Å²) < 4.78 is 2.19. The Hall–Kier alpha value is -1.34. The number of halogens is 1. The van der Waals surface area contributed by atoms with Crippen LogP contribution in [-0.4, -0.2) is 0 Å². The lowest BCUT2D eigenvalue weighted by Gasteiger charge is -2.17. The van der Waals surface area contributed by atoms with Crippen LogP contribution in [0.4, 0.5) is 0 Å². The summed E-state index contributed by atoms with van der Waals surface area (Å²) in [6.07, 6.45) is 2.21. The van der Waals surface area contributed by atoms with Crippen molar-refractivity contribution in [2.45, 2.75) is 33.1 Å². The van der Waals surface area contributed by atoms with Gasteiger partial charge in [-0.1, -0.05) is 32.4 Å². The van der Waals surface area contributed by atoms with Crippen LogP contribution in [0.3, 0.4) is 0 Å². The number of hydrogen-bond acceptors (Lipinski definition) is 0. The molecule has 1 aromatic heterocycles. The largest absolute Gasteiger partial charge is 0.212 e. The van der Waals surface area contributed by atoms with Gasteiger partial charge in [0.05, 0.1) is 0 Å². The summed E-state index contributed by atoms with van der Waals surface area (Å²) in [7, 11) is 2.10. The molecule has 0 aliphatic heterocycles. The van der Waals surface area contributed by atoms with Crippen molar-refractivity contribution in [1.82, 2.24) is 0 Å². The van der Waals surface area contributed by atoms with E-state index in [0.29, 0.717) is 0 Å². The smallest absolute Gasteiger partial charge is 0.201 e. The van der Waals surface area contributed by atoms with E-state index in [-0.39, 0.29) is 5.41 Å². The van der Waals surface area contributed by atoms with Crippen LogP contribution < -0.4 is 4.57 Å². The number of nitrogens with zero attached hydrogens (tertiary/aromatic N) is 1. The second-order valence-corrected chi connectivity index (χ2v) is 6.56. The van der Waals surface area contributed by atoms with E-state index >= 15 is 0 Å². The summed E-state index contributed by atoms with van der Waals surface area (Å²) in [5.74, 6) is 0. The molecule has 0 saturated heterocycles. The van der Waals surface area contributed by atoms with Crippen molar-refractivity contribution in [3.8, 4) is 11.3 Å². The van der Waals surface area contributed by atoms with Gasteiger partial charge in [-0.3, -0.25) is 0 Å². The molecule has 2 aromatic rings. The molecule has 0 bridgehead atoms. The van der Waals surface area contributed by atoms with Crippen molar-refractivity contribution in [2.24, 2.45) is 7.05 Å². The molecule has 2 heteroatoms. The highest BCUT2D eigenvalue weighted by Gasteiger charge is 2.19. The lowest BCUT2D eigenvalue weighted by atomic mass is 9.88. The third-order valence-corrected chi connectivity index (χ3v) is 3.70. The molecule has 0 unspecified atom stereocenters. The van der Waals surface area contributed by atoms with Gasteiger partial charge >= 0.3 is 0 Å². The SMILES string of the molecule is Cc1cc(Cl)ccc1-c1ccc(C(C)(C)C)c[n+]1C. The summed E-state index contributed by atoms with van der Waals surface area (Å²) in [6, 6.07) is 10.4. The molecule has 0 radical (unpaired) electrons. The number of pyridine rings is 1. The maximum Gasteiger partial charge on any atom is 0.212 e. The zero-order valence-electron chi connectivity index (χ0n) is 12.3. The summed E-state index contributed by atoms with van der Waals surface area (Å²) in [5, 5.41) is 0.787. The van der Waals surface area contributed by atoms with Gasteiger partial charge in [0.2, 0.25) is 5.69 Å². The minimum Gasteiger partial charge on any atom is -0.201 e. The number of aryl methyl sites for hydroxylation is 2. The minimum atomic E-state index is 0.172. The van der Waals surface area contributed by atoms with E-state index in [4.69, 9.17) is 11.6 Å². The van der Waals surface area contributed by atoms with Gasteiger partial charge in [-0.2, -0.15) is 0 Å². The third-order valence-electron chi connectivity index (χ3n) is 3.46. The summed E-state index contributed by atoms with van der Waals surface area (Å²) in [6.45, 7) is 8.79. The fourth-order valence-corrected chi connectivity index (χ4v) is 2.47. The van der Waals surface area contributed by atoms with Crippen molar-refractivity contribution in [1.29, 1.82) is 0 Å². The Kier molecular flexibility index (Phi) is 3.69. The van der Waals surface area contributed by atoms with Gasteiger partial charge in [0.15, 0.2) is 6.20 Å². The Balaban J connectivity index is 2.52. The Morgan fingerprint density at radius 1 is 1.05 bits per heavy atom. The van der Waals surface area contributed by atoms with E-state index in [2.05, 4.69) is 63.7 Å². The molecule has 1 nitrogen and oxygen atoms in total. The molecule has 1 aromatic carbocycles. The summed E-state index contributed by atoms with van der Waals surface area (Å²) >= 11 is 6.02. The first-order chi connectivity index (χ1) is 8.79. The van der Waals surface area contributed by atoms with E-state index in [0.717, 1.165) is 5.02 Å². The molecule has 0 N–H and O–H groups in total. The molecule has 0 aliphatic rings. The highest BCUT2D eigenvalue weighted by molar-refractivity contribution is 6.30. The topological polar surface area (TPSA) is 3.88 Å². The van der Waals surface area contributed by atoms with Crippen LogP contribution in [0.1, 0.15) is 31.9 Å². The van der Waals surface area contributed by atoms with Gasteiger partial charge in [0.25, 0.3) is 0 Å². The molecule has 0 amide bonds. The van der Waals surface area contributed by atoms with E-state index in [1.54, 1.807) is 0 Å².